The first kappa shape index (κ1) is 25.5. The van der Waals surface area contributed by atoms with E-state index in [4.69, 9.17) is 14.2 Å². The van der Waals surface area contributed by atoms with Crippen LogP contribution < -0.4 is 14.9 Å². The predicted octanol–water partition coefficient (Wildman–Crippen LogP) is 6.20. The van der Waals surface area contributed by atoms with Gasteiger partial charge in [0.2, 0.25) is 0 Å². The number of aromatic nitrogens is 1. The number of carbonyl (C=O) groups excluding carboxylic acids is 1. The molecule has 0 bridgehead atoms. The highest BCUT2D eigenvalue weighted by Gasteiger charge is 2.13. The van der Waals surface area contributed by atoms with Crippen molar-refractivity contribution in [3.8, 4) is 22.8 Å². The molecule has 1 heterocycles. The molecular weight excluding hydrogens is 466 g/mol. The molecule has 3 aromatic carbocycles. The molecule has 1 aromatic heterocycles. The molecule has 6 nitrogen and oxygen atoms in total. The molecule has 0 amide bonds. The van der Waals surface area contributed by atoms with Gasteiger partial charge in [0.05, 0.1) is 19.8 Å². The SMILES string of the molecule is COC(=O)c1cc(C)ccc1/C=C/c1cc(-c2c[nH]c(OCc3ccccc3)cc2=O)cc(C)c1OC. The Morgan fingerprint density at radius 3 is 2.38 bits per heavy atom. The van der Waals surface area contributed by atoms with Crippen molar-refractivity contribution in [3.05, 3.63) is 117 Å². The second-order valence-electron chi connectivity index (χ2n) is 8.68. The highest BCUT2D eigenvalue weighted by molar-refractivity contribution is 5.95. The van der Waals surface area contributed by atoms with Gasteiger partial charge in [0.1, 0.15) is 12.4 Å². The number of carbonyl (C=O) groups is 1. The van der Waals surface area contributed by atoms with Gasteiger partial charge in [-0.15, -0.1) is 0 Å². The van der Waals surface area contributed by atoms with E-state index in [0.717, 1.165) is 33.4 Å². The largest absolute Gasteiger partial charge is 0.496 e. The summed E-state index contributed by atoms with van der Waals surface area (Å²) < 4.78 is 16.4. The van der Waals surface area contributed by atoms with Crippen LogP contribution in [0.15, 0.2) is 77.7 Å². The molecule has 0 unspecified atom stereocenters. The minimum Gasteiger partial charge on any atom is -0.496 e. The van der Waals surface area contributed by atoms with Gasteiger partial charge in [0, 0.05) is 23.4 Å². The van der Waals surface area contributed by atoms with Crippen molar-refractivity contribution in [1.29, 1.82) is 0 Å². The van der Waals surface area contributed by atoms with Gasteiger partial charge in [-0.25, -0.2) is 4.79 Å². The van der Waals surface area contributed by atoms with E-state index in [0.29, 0.717) is 29.4 Å². The molecular formula is C31H29NO5. The van der Waals surface area contributed by atoms with Crippen LogP contribution in [0.4, 0.5) is 0 Å². The van der Waals surface area contributed by atoms with Crippen LogP contribution in [0.5, 0.6) is 11.6 Å². The molecule has 4 aromatic rings. The molecule has 0 aliphatic heterocycles. The Bertz CT molecular complexity index is 1500. The monoisotopic (exact) mass is 495 g/mol. The van der Waals surface area contributed by atoms with E-state index in [1.165, 1.54) is 13.2 Å². The van der Waals surface area contributed by atoms with Crippen LogP contribution in [0, 0.1) is 13.8 Å². The summed E-state index contributed by atoms with van der Waals surface area (Å²) in [5.41, 5.74) is 5.92. The van der Waals surface area contributed by atoms with Crippen LogP contribution in [0.3, 0.4) is 0 Å². The Morgan fingerprint density at radius 2 is 1.68 bits per heavy atom. The maximum atomic E-state index is 13.0. The zero-order valence-electron chi connectivity index (χ0n) is 21.3. The molecule has 0 radical (unpaired) electrons. The second kappa shape index (κ2) is 11.4. The molecule has 0 spiro atoms. The van der Waals surface area contributed by atoms with E-state index in [9.17, 15) is 9.59 Å². The lowest BCUT2D eigenvalue weighted by Gasteiger charge is -2.13. The van der Waals surface area contributed by atoms with Crippen LogP contribution in [0.2, 0.25) is 0 Å². The highest BCUT2D eigenvalue weighted by atomic mass is 16.5. The lowest BCUT2D eigenvalue weighted by atomic mass is 9.98. The van der Waals surface area contributed by atoms with Gasteiger partial charge in [-0.3, -0.25) is 4.79 Å². The molecule has 0 saturated carbocycles. The van der Waals surface area contributed by atoms with E-state index in [1.54, 1.807) is 19.4 Å². The van der Waals surface area contributed by atoms with Gasteiger partial charge < -0.3 is 19.2 Å². The number of esters is 1. The standard InChI is InChI=1S/C31H29NO5/c1-20-10-11-23(26(14-20)31(34)36-4)12-13-24-16-25(15-21(2)30(24)35-3)27-18-32-29(17-28(27)33)37-19-22-8-6-5-7-9-22/h5-18H,19H2,1-4H3,(H,32,33)/b13-12+. The zero-order chi connectivity index (χ0) is 26.4. The number of methoxy groups -OCH3 is 2. The van der Waals surface area contributed by atoms with E-state index in [2.05, 4.69) is 4.98 Å². The molecule has 0 aliphatic carbocycles. The van der Waals surface area contributed by atoms with Crippen LogP contribution in [-0.2, 0) is 11.3 Å². The third-order valence-electron chi connectivity index (χ3n) is 6.00. The van der Waals surface area contributed by atoms with E-state index < -0.39 is 5.97 Å². The number of aryl methyl sites for hydroxylation is 2. The summed E-state index contributed by atoms with van der Waals surface area (Å²) in [6.07, 6.45) is 5.38. The molecule has 1 N–H and O–H groups in total. The van der Waals surface area contributed by atoms with Crippen LogP contribution in [-0.4, -0.2) is 25.2 Å². The number of nitrogens with one attached hydrogen (secondary N) is 1. The summed E-state index contributed by atoms with van der Waals surface area (Å²) in [5.74, 6) is 0.685. The number of ether oxygens (including phenoxy) is 3. The fraction of sp³-hybridized carbons (Fsp3) is 0.161. The Hall–Kier alpha value is -4.58. The summed E-state index contributed by atoms with van der Waals surface area (Å²) in [7, 11) is 2.97. The van der Waals surface area contributed by atoms with E-state index >= 15 is 0 Å². The summed E-state index contributed by atoms with van der Waals surface area (Å²) >= 11 is 0. The van der Waals surface area contributed by atoms with E-state index in [-0.39, 0.29) is 5.43 Å². The van der Waals surface area contributed by atoms with Gasteiger partial charge in [0.15, 0.2) is 11.3 Å². The Morgan fingerprint density at radius 1 is 0.919 bits per heavy atom. The quantitative estimate of drug-likeness (QED) is 0.233. The van der Waals surface area contributed by atoms with Crippen molar-refractivity contribution in [1.82, 2.24) is 4.98 Å². The van der Waals surface area contributed by atoms with Crippen molar-refractivity contribution in [2.45, 2.75) is 20.5 Å². The lowest BCUT2D eigenvalue weighted by molar-refractivity contribution is 0.0600. The maximum absolute atomic E-state index is 13.0. The van der Waals surface area contributed by atoms with Gasteiger partial charge in [-0.1, -0.05) is 60.2 Å². The Labute approximate surface area is 216 Å². The zero-order valence-corrected chi connectivity index (χ0v) is 21.3. The number of pyridine rings is 1. The summed E-state index contributed by atoms with van der Waals surface area (Å²) in [6.45, 7) is 4.21. The van der Waals surface area contributed by atoms with Gasteiger partial charge >= 0.3 is 5.97 Å². The molecule has 0 aliphatic rings. The molecule has 4 rings (SSSR count). The Kier molecular flexibility index (Phi) is 7.89. The molecule has 6 heteroatoms. The predicted molar refractivity (Wildman–Crippen MR) is 146 cm³/mol. The first-order valence-corrected chi connectivity index (χ1v) is 11.8. The first-order valence-electron chi connectivity index (χ1n) is 11.8. The second-order valence-corrected chi connectivity index (χ2v) is 8.68. The minimum absolute atomic E-state index is 0.159. The van der Waals surface area contributed by atoms with Gasteiger partial charge in [0.25, 0.3) is 0 Å². The highest BCUT2D eigenvalue weighted by Crippen LogP contribution is 2.31. The van der Waals surface area contributed by atoms with Crippen LogP contribution in [0.25, 0.3) is 23.3 Å². The Balaban J connectivity index is 1.66. The topological polar surface area (TPSA) is 77.6 Å². The fourth-order valence-electron chi connectivity index (χ4n) is 4.14. The smallest absolute Gasteiger partial charge is 0.338 e. The van der Waals surface area contributed by atoms with E-state index in [1.807, 2.05) is 80.6 Å². The molecule has 0 fully saturated rings. The number of aromatic amines is 1. The van der Waals surface area contributed by atoms with Crippen molar-refractivity contribution >= 4 is 18.1 Å². The molecule has 0 atom stereocenters. The van der Waals surface area contributed by atoms with Gasteiger partial charge in [-0.2, -0.15) is 0 Å². The van der Waals surface area contributed by atoms with Gasteiger partial charge in [-0.05, 0) is 54.3 Å². The summed E-state index contributed by atoms with van der Waals surface area (Å²) in [5, 5.41) is 0. The fourth-order valence-corrected chi connectivity index (χ4v) is 4.14. The van der Waals surface area contributed by atoms with Crippen molar-refractivity contribution in [2.24, 2.45) is 0 Å². The minimum atomic E-state index is -0.402. The normalized spacial score (nSPS) is 10.9. The lowest BCUT2D eigenvalue weighted by Crippen LogP contribution is -2.07. The molecule has 37 heavy (non-hydrogen) atoms. The third-order valence-corrected chi connectivity index (χ3v) is 6.00. The first-order chi connectivity index (χ1) is 17.9. The summed E-state index contributed by atoms with van der Waals surface area (Å²) in [4.78, 5) is 28.3. The summed E-state index contributed by atoms with van der Waals surface area (Å²) in [6, 6.07) is 20.6. The third kappa shape index (κ3) is 5.98. The van der Waals surface area contributed by atoms with Crippen LogP contribution >= 0.6 is 0 Å². The van der Waals surface area contributed by atoms with Crippen LogP contribution in [0.1, 0.15) is 38.2 Å². The van der Waals surface area contributed by atoms with Crippen molar-refractivity contribution < 1.29 is 19.0 Å². The molecule has 188 valence electrons. The van der Waals surface area contributed by atoms with Crippen molar-refractivity contribution in [3.63, 3.8) is 0 Å². The maximum Gasteiger partial charge on any atom is 0.338 e. The number of rotatable bonds is 8. The average Bonchev–Trinajstić information content (AvgIpc) is 2.91. The number of benzene rings is 3. The number of hydrogen-bond donors (Lipinski definition) is 1. The van der Waals surface area contributed by atoms with Crippen molar-refractivity contribution in [2.75, 3.05) is 14.2 Å². The molecule has 0 saturated heterocycles. The average molecular weight is 496 g/mol. The number of hydrogen-bond acceptors (Lipinski definition) is 5. The number of H-pyrrole nitrogens is 1.